The van der Waals surface area contributed by atoms with E-state index in [0.717, 1.165) is 10.5 Å². The maximum absolute atomic E-state index is 12.3. The lowest BCUT2D eigenvalue weighted by molar-refractivity contribution is 0.0354. The molecule has 16 heavy (non-hydrogen) atoms. The third kappa shape index (κ3) is 1.96. The zero-order valence-electron chi connectivity index (χ0n) is 9.25. The van der Waals surface area contributed by atoms with E-state index in [9.17, 15) is 4.21 Å². The van der Waals surface area contributed by atoms with Crippen molar-refractivity contribution < 1.29 is 13.7 Å². The number of hydrogen-bond acceptors (Lipinski definition) is 3. The van der Waals surface area contributed by atoms with E-state index < -0.39 is 16.2 Å². The molecule has 0 N–H and O–H groups in total. The quantitative estimate of drug-likeness (QED) is 0.788. The van der Waals surface area contributed by atoms with Crippen LogP contribution in [0.2, 0.25) is 0 Å². The van der Waals surface area contributed by atoms with Crippen LogP contribution in [0.1, 0.15) is 5.56 Å². The Kier molecular flexibility index (Phi) is 3.53. The molecule has 4 heteroatoms. The Hall–Kier alpha value is -0.970. The molecule has 0 fully saturated rings. The summed E-state index contributed by atoms with van der Waals surface area (Å²) in [6.45, 7) is 0. The molecule has 1 aromatic carbocycles. The van der Waals surface area contributed by atoms with E-state index in [1.54, 1.807) is 14.2 Å². The summed E-state index contributed by atoms with van der Waals surface area (Å²) in [7, 11) is 1.93. The van der Waals surface area contributed by atoms with Crippen molar-refractivity contribution >= 4 is 16.9 Å². The fourth-order valence-corrected chi connectivity index (χ4v) is 3.20. The van der Waals surface area contributed by atoms with E-state index in [1.807, 2.05) is 36.4 Å². The van der Waals surface area contributed by atoms with Gasteiger partial charge in [0.2, 0.25) is 0 Å². The first kappa shape index (κ1) is 11.5. The number of methoxy groups -OCH3 is 2. The van der Waals surface area contributed by atoms with Gasteiger partial charge in [-0.15, -0.1) is 0 Å². The average molecular weight is 238 g/mol. The van der Waals surface area contributed by atoms with E-state index in [4.69, 9.17) is 9.47 Å². The predicted octanol–water partition coefficient (Wildman–Crippen LogP) is 1.81. The minimum atomic E-state index is -1.21. The first-order chi connectivity index (χ1) is 7.77. The molecule has 1 heterocycles. The first-order valence-electron chi connectivity index (χ1n) is 5.01. The van der Waals surface area contributed by atoms with Crippen molar-refractivity contribution in [1.29, 1.82) is 0 Å². The summed E-state index contributed by atoms with van der Waals surface area (Å²) in [6.07, 6.45) is 3.54. The third-order valence-corrected chi connectivity index (χ3v) is 4.27. The first-order valence-corrected chi connectivity index (χ1v) is 6.22. The van der Waals surface area contributed by atoms with Crippen LogP contribution in [0.15, 0.2) is 35.2 Å². The van der Waals surface area contributed by atoms with Gasteiger partial charge >= 0.3 is 0 Å². The van der Waals surface area contributed by atoms with Crippen molar-refractivity contribution in [2.24, 2.45) is 0 Å². The second kappa shape index (κ2) is 4.91. The van der Waals surface area contributed by atoms with Crippen LogP contribution in [-0.2, 0) is 20.3 Å². The molecular formula is C12H14O3S. The van der Waals surface area contributed by atoms with Crippen molar-refractivity contribution in [3.8, 4) is 0 Å². The SMILES string of the molecule is COC1C=Cc2ccccc2S(=O)C1OC. The highest BCUT2D eigenvalue weighted by Gasteiger charge is 2.29. The Morgan fingerprint density at radius 2 is 1.94 bits per heavy atom. The van der Waals surface area contributed by atoms with Gasteiger partial charge in [0.05, 0.1) is 10.8 Å². The van der Waals surface area contributed by atoms with Crippen LogP contribution in [0.4, 0.5) is 0 Å². The molecular weight excluding hydrogens is 224 g/mol. The molecule has 3 unspecified atom stereocenters. The molecule has 2 rings (SSSR count). The Balaban J connectivity index is 2.47. The molecule has 86 valence electrons. The van der Waals surface area contributed by atoms with Crippen molar-refractivity contribution in [3.05, 3.63) is 35.9 Å². The maximum Gasteiger partial charge on any atom is 0.166 e. The van der Waals surface area contributed by atoms with E-state index in [0.29, 0.717) is 0 Å². The van der Waals surface area contributed by atoms with Gasteiger partial charge in [0.25, 0.3) is 0 Å². The average Bonchev–Trinajstić information content (AvgIpc) is 2.46. The number of hydrogen-bond donors (Lipinski definition) is 0. The normalized spacial score (nSPS) is 28.5. The van der Waals surface area contributed by atoms with E-state index in [-0.39, 0.29) is 6.10 Å². The van der Waals surface area contributed by atoms with Gasteiger partial charge in [0.1, 0.15) is 6.10 Å². The van der Waals surface area contributed by atoms with Gasteiger partial charge in [-0.3, -0.25) is 4.21 Å². The molecule has 0 spiro atoms. The second-order valence-electron chi connectivity index (χ2n) is 3.50. The molecule has 1 aliphatic rings. The molecule has 0 amide bonds. The van der Waals surface area contributed by atoms with Crippen LogP contribution >= 0.6 is 0 Å². The molecule has 0 aromatic heterocycles. The maximum atomic E-state index is 12.3. The Bertz CT molecular complexity index is 428. The van der Waals surface area contributed by atoms with Crippen molar-refractivity contribution in [1.82, 2.24) is 0 Å². The topological polar surface area (TPSA) is 35.5 Å². The second-order valence-corrected chi connectivity index (χ2v) is 5.00. The zero-order valence-corrected chi connectivity index (χ0v) is 10.1. The van der Waals surface area contributed by atoms with Gasteiger partial charge in [-0.2, -0.15) is 0 Å². The summed E-state index contributed by atoms with van der Waals surface area (Å²) in [5.41, 5.74) is 0.507. The molecule has 0 bridgehead atoms. The van der Waals surface area contributed by atoms with Gasteiger partial charge in [-0.25, -0.2) is 0 Å². The largest absolute Gasteiger partial charge is 0.374 e. The highest BCUT2D eigenvalue weighted by Crippen LogP contribution is 2.25. The lowest BCUT2D eigenvalue weighted by atomic mass is 10.2. The van der Waals surface area contributed by atoms with Gasteiger partial charge in [0, 0.05) is 19.1 Å². The van der Waals surface area contributed by atoms with Crippen LogP contribution in [0.3, 0.4) is 0 Å². The van der Waals surface area contributed by atoms with Crippen LogP contribution in [0, 0.1) is 0 Å². The van der Waals surface area contributed by atoms with Crippen molar-refractivity contribution in [2.45, 2.75) is 16.4 Å². The molecule has 0 saturated heterocycles. The Morgan fingerprint density at radius 1 is 1.19 bits per heavy atom. The van der Waals surface area contributed by atoms with Crippen LogP contribution in [-0.4, -0.2) is 30.0 Å². The summed E-state index contributed by atoms with van der Waals surface area (Å²) >= 11 is 0. The number of fused-ring (bicyclic) bond motifs is 1. The summed E-state index contributed by atoms with van der Waals surface area (Å²) in [5.74, 6) is 0. The van der Waals surface area contributed by atoms with Gasteiger partial charge in [-0.05, 0) is 11.6 Å². The van der Waals surface area contributed by atoms with Crippen molar-refractivity contribution in [2.75, 3.05) is 14.2 Å². The van der Waals surface area contributed by atoms with Crippen LogP contribution in [0.5, 0.6) is 0 Å². The predicted molar refractivity (Wildman–Crippen MR) is 63.5 cm³/mol. The minimum absolute atomic E-state index is 0.279. The van der Waals surface area contributed by atoms with E-state index >= 15 is 0 Å². The number of benzene rings is 1. The highest BCUT2D eigenvalue weighted by molar-refractivity contribution is 7.85. The summed E-state index contributed by atoms with van der Waals surface area (Å²) in [4.78, 5) is 0.796. The molecule has 0 radical (unpaired) electrons. The molecule has 3 atom stereocenters. The van der Waals surface area contributed by atoms with Gasteiger partial charge in [0.15, 0.2) is 5.44 Å². The van der Waals surface area contributed by atoms with Crippen LogP contribution < -0.4 is 0 Å². The Labute approximate surface area is 97.5 Å². The summed E-state index contributed by atoms with van der Waals surface area (Å²) in [6, 6.07) is 7.61. The lowest BCUT2D eigenvalue weighted by Crippen LogP contribution is -2.31. The number of rotatable bonds is 2. The summed E-state index contributed by atoms with van der Waals surface area (Å²) in [5, 5.41) is 0. The van der Waals surface area contributed by atoms with Gasteiger partial charge in [-0.1, -0.05) is 30.4 Å². The highest BCUT2D eigenvalue weighted by atomic mass is 32.2. The standard InChI is InChI=1S/C12H14O3S/c1-14-10-8-7-9-5-3-4-6-11(9)16(13)12(10)15-2/h3-8,10,12H,1-2H3. The van der Waals surface area contributed by atoms with E-state index in [2.05, 4.69) is 0 Å². The fraction of sp³-hybridized carbons (Fsp3) is 0.333. The molecule has 1 aliphatic heterocycles. The Morgan fingerprint density at radius 3 is 2.62 bits per heavy atom. The summed E-state index contributed by atoms with van der Waals surface area (Å²) < 4.78 is 22.8. The fourth-order valence-electron chi connectivity index (χ4n) is 1.75. The van der Waals surface area contributed by atoms with Crippen LogP contribution in [0.25, 0.3) is 6.08 Å². The van der Waals surface area contributed by atoms with E-state index in [1.165, 1.54) is 0 Å². The lowest BCUT2D eigenvalue weighted by Gasteiger charge is -2.20. The molecule has 0 aliphatic carbocycles. The zero-order chi connectivity index (χ0) is 11.5. The van der Waals surface area contributed by atoms with Gasteiger partial charge < -0.3 is 9.47 Å². The third-order valence-electron chi connectivity index (χ3n) is 2.58. The molecule has 0 saturated carbocycles. The molecule has 1 aromatic rings. The smallest absolute Gasteiger partial charge is 0.166 e. The monoisotopic (exact) mass is 238 g/mol. The van der Waals surface area contributed by atoms with Crippen molar-refractivity contribution in [3.63, 3.8) is 0 Å². The molecule has 3 nitrogen and oxygen atoms in total. The minimum Gasteiger partial charge on any atom is -0.374 e. The number of ether oxygens (including phenoxy) is 2.